The van der Waals surface area contributed by atoms with E-state index in [1.807, 2.05) is 0 Å². The van der Waals surface area contributed by atoms with Gasteiger partial charge < -0.3 is 15.8 Å². The molecule has 0 bridgehead atoms. The lowest BCUT2D eigenvalue weighted by molar-refractivity contribution is -0.129. The van der Waals surface area contributed by atoms with Crippen molar-refractivity contribution < 1.29 is 14.3 Å². The minimum Gasteiger partial charge on any atom is -0.381 e. The third kappa shape index (κ3) is 5.15. The Kier molecular flexibility index (Phi) is 6.21. The van der Waals surface area contributed by atoms with E-state index in [4.69, 9.17) is 10.5 Å². The molecule has 1 fully saturated rings. The number of hydrogen-bond donors (Lipinski definition) is 2. The van der Waals surface area contributed by atoms with Gasteiger partial charge in [-0.2, -0.15) is 0 Å². The summed E-state index contributed by atoms with van der Waals surface area (Å²) in [5, 5.41) is 2.86. The molecular formula is C16H28N2O3Si. The van der Waals surface area contributed by atoms with Crippen LogP contribution in [0.5, 0.6) is 0 Å². The molecule has 0 aromatic rings. The summed E-state index contributed by atoms with van der Waals surface area (Å²) < 4.78 is 5.18. The highest BCUT2D eigenvalue weighted by Gasteiger charge is 2.33. The maximum absolute atomic E-state index is 12.0. The minimum atomic E-state index is -1.72. The molecular weight excluding hydrogens is 296 g/mol. The predicted molar refractivity (Wildman–Crippen MR) is 89.6 cm³/mol. The van der Waals surface area contributed by atoms with Gasteiger partial charge in [0.05, 0.1) is 12.5 Å². The van der Waals surface area contributed by atoms with Crippen molar-refractivity contribution in [1.82, 2.24) is 5.32 Å². The van der Waals surface area contributed by atoms with Crippen LogP contribution in [-0.2, 0) is 14.3 Å². The minimum absolute atomic E-state index is 0.159. The van der Waals surface area contributed by atoms with Crippen molar-refractivity contribution in [3.05, 3.63) is 0 Å². The van der Waals surface area contributed by atoms with E-state index >= 15 is 0 Å². The molecule has 1 heterocycles. The zero-order valence-electron chi connectivity index (χ0n) is 14.3. The van der Waals surface area contributed by atoms with Gasteiger partial charge in [-0.1, -0.05) is 33.9 Å². The molecule has 6 heteroatoms. The zero-order chi connectivity index (χ0) is 17.0. The topological polar surface area (TPSA) is 81.4 Å². The summed E-state index contributed by atoms with van der Waals surface area (Å²) in [5.41, 5.74) is 8.71. The summed E-state index contributed by atoms with van der Waals surface area (Å²) in [4.78, 5) is 23.6. The van der Waals surface area contributed by atoms with Crippen molar-refractivity contribution >= 4 is 19.9 Å². The molecule has 3 N–H and O–H groups in total. The van der Waals surface area contributed by atoms with Crippen molar-refractivity contribution in [2.45, 2.75) is 57.8 Å². The molecule has 0 radical (unpaired) electrons. The average Bonchev–Trinajstić information content (AvgIpc) is 2.89. The molecule has 0 saturated carbocycles. The molecule has 0 spiro atoms. The van der Waals surface area contributed by atoms with Crippen molar-refractivity contribution in [3.63, 3.8) is 0 Å². The van der Waals surface area contributed by atoms with E-state index in [2.05, 4.69) is 50.6 Å². The number of primary amides is 1. The van der Waals surface area contributed by atoms with Gasteiger partial charge in [0, 0.05) is 13.0 Å². The van der Waals surface area contributed by atoms with Crippen LogP contribution >= 0.6 is 0 Å². The van der Waals surface area contributed by atoms with Crippen LogP contribution in [0.4, 0.5) is 0 Å². The second-order valence-corrected chi connectivity index (χ2v) is 12.4. The molecule has 0 aromatic carbocycles. The first-order chi connectivity index (χ1) is 10.0. The van der Waals surface area contributed by atoms with Crippen LogP contribution in [0.25, 0.3) is 0 Å². The Balaban J connectivity index is 2.66. The standard InChI is InChI=1S/C16H28N2O3Si/c1-16(2,3)22(4,5)10-6-7-13(14(17)19)18-15(20)12-8-9-21-11-12/h12-13H,7-9,11H2,1-5H3,(H2,17,19)(H,18,20)/t12-,13-/m0/s1. The lowest BCUT2D eigenvalue weighted by atomic mass is 10.1. The Hall–Kier alpha value is -1.32. The highest BCUT2D eigenvalue weighted by molar-refractivity contribution is 6.87. The molecule has 2 atom stereocenters. The first kappa shape index (κ1) is 18.7. The fraction of sp³-hybridized carbons (Fsp3) is 0.750. The van der Waals surface area contributed by atoms with Crippen LogP contribution in [0.1, 0.15) is 33.6 Å². The van der Waals surface area contributed by atoms with Crippen molar-refractivity contribution in [2.75, 3.05) is 13.2 Å². The summed E-state index contributed by atoms with van der Waals surface area (Å²) in [6.45, 7) is 11.9. The molecule has 1 aliphatic heterocycles. The van der Waals surface area contributed by atoms with Crippen LogP contribution < -0.4 is 11.1 Å². The van der Waals surface area contributed by atoms with E-state index in [9.17, 15) is 9.59 Å². The fourth-order valence-corrected chi connectivity index (χ4v) is 2.73. The number of amides is 2. The first-order valence-corrected chi connectivity index (χ1v) is 10.7. The van der Waals surface area contributed by atoms with Gasteiger partial charge in [-0.3, -0.25) is 9.59 Å². The highest BCUT2D eigenvalue weighted by Crippen LogP contribution is 2.35. The highest BCUT2D eigenvalue weighted by atomic mass is 28.3. The quantitative estimate of drug-likeness (QED) is 0.606. The number of hydrogen-bond acceptors (Lipinski definition) is 3. The Morgan fingerprint density at radius 3 is 2.50 bits per heavy atom. The number of rotatable bonds is 4. The van der Waals surface area contributed by atoms with Crippen LogP contribution in [-0.4, -0.2) is 39.1 Å². The summed E-state index contributed by atoms with van der Waals surface area (Å²) in [6.07, 6.45) is 0.953. The van der Waals surface area contributed by atoms with Gasteiger partial charge in [-0.25, -0.2) is 0 Å². The smallest absolute Gasteiger partial charge is 0.240 e. The molecule has 0 aromatic heterocycles. The number of ether oxygens (including phenoxy) is 1. The van der Waals surface area contributed by atoms with Crippen LogP contribution in [0, 0.1) is 17.4 Å². The number of carbonyl (C=O) groups excluding carboxylic acids is 2. The van der Waals surface area contributed by atoms with Crippen LogP contribution in [0.15, 0.2) is 0 Å². The summed E-state index contributed by atoms with van der Waals surface area (Å²) >= 11 is 0. The SMILES string of the molecule is CC(C)(C)[Si](C)(C)C#CC[C@H](NC(=O)[C@H]1CCOC1)C(N)=O. The molecule has 2 amide bonds. The predicted octanol–water partition coefficient (Wildman–Crippen LogP) is 1.43. The first-order valence-electron chi connectivity index (χ1n) is 7.72. The fourth-order valence-electron chi connectivity index (χ4n) is 1.82. The molecule has 0 aliphatic carbocycles. The van der Waals surface area contributed by atoms with E-state index in [0.29, 0.717) is 19.6 Å². The van der Waals surface area contributed by atoms with Gasteiger partial charge in [0.15, 0.2) is 0 Å². The number of nitrogens with one attached hydrogen (secondary N) is 1. The number of nitrogens with two attached hydrogens (primary N) is 1. The normalized spacial score (nSPS) is 20.0. The van der Waals surface area contributed by atoms with Gasteiger partial charge in [0.25, 0.3) is 0 Å². The lowest BCUT2D eigenvalue weighted by Gasteiger charge is -2.31. The maximum atomic E-state index is 12.0. The van der Waals surface area contributed by atoms with E-state index < -0.39 is 20.0 Å². The average molecular weight is 324 g/mol. The van der Waals surface area contributed by atoms with Gasteiger partial charge in [-0.05, 0) is 11.5 Å². The third-order valence-electron chi connectivity index (χ3n) is 4.54. The Morgan fingerprint density at radius 2 is 2.05 bits per heavy atom. The molecule has 22 heavy (non-hydrogen) atoms. The second kappa shape index (κ2) is 7.29. The lowest BCUT2D eigenvalue weighted by Crippen LogP contribution is -2.46. The van der Waals surface area contributed by atoms with Crippen molar-refractivity contribution in [3.8, 4) is 11.5 Å². The van der Waals surface area contributed by atoms with Crippen molar-refractivity contribution in [1.29, 1.82) is 0 Å². The summed E-state index contributed by atoms with van der Waals surface area (Å²) in [5.74, 6) is 2.17. The summed E-state index contributed by atoms with van der Waals surface area (Å²) in [6, 6.07) is -0.731. The summed E-state index contributed by atoms with van der Waals surface area (Å²) in [7, 11) is -1.72. The Labute approximate surface area is 134 Å². The molecule has 5 nitrogen and oxygen atoms in total. The molecule has 1 saturated heterocycles. The van der Waals surface area contributed by atoms with E-state index in [-0.39, 0.29) is 23.3 Å². The molecule has 1 aliphatic rings. The van der Waals surface area contributed by atoms with Gasteiger partial charge in [0.1, 0.15) is 14.1 Å². The number of carbonyl (C=O) groups is 2. The monoisotopic (exact) mass is 324 g/mol. The largest absolute Gasteiger partial charge is 0.381 e. The Bertz CT molecular complexity index is 480. The zero-order valence-corrected chi connectivity index (χ0v) is 15.3. The van der Waals surface area contributed by atoms with Crippen LogP contribution in [0.3, 0.4) is 0 Å². The molecule has 0 unspecified atom stereocenters. The van der Waals surface area contributed by atoms with Gasteiger partial charge >= 0.3 is 0 Å². The van der Waals surface area contributed by atoms with Gasteiger partial charge in [-0.15, -0.1) is 11.5 Å². The van der Waals surface area contributed by atoms with Crippen LogP contribution in [0.2, 0.25) is 18.1 Å². The molecule has 124 valence electrons. The van der Waals surface area contributed by atoms with Crippen molar-refractivity contribution in [2.24, 2.45) is 11.7 Å². The van der Waals surface area contributed by atoms with E-state index in [1.165, 1.54) is 0 Å². The Morgan fingerprint density at radius 1 is 1.41 bits per heavy atom. The second-order valence-electron chi connectivity index (χ2n) is 7.40. The maximum Gasteiger partial charge on any atom is 0.240 e. The van der Waals surface area contributed by atoms with E-state index in [1.54, 1.807) is 0 Å². The third-order valence-corrected chi connectivity index (χ3v) is 9.09. The molecule has 1 rings (SSSR count). The van der Waals surface area contributed by atoms with Gasteiger partial charge in [0.2, 0.25) is 11.8 Å². The van der Waals surface area contributed by atoms with E-state index in [0.717, 1.165) is 0 Å².